The van der Waals surface area contributed by atoms with Crippen molar-refractivity contribution in [2.75, 3.05) is 0 Å². The van der Waals surface area contributed by atoms with Crippen molar-refractivity contribution in [1.82, 2.24) is 16.0 Å². The summed E-state index contributed by atoms with van der Waals surface area (Å²) in [7, 11) is 0. The number of rotatable bonds is 4. The second-order valence-corrected chi connectivity index (χ2v) is 5.97. The highest BCUT2D eigenvalue weighted by molar-refractivity contribution is 6.06. The Kier molecular flexibility index (Phi) is 5.38. The summed E-state index contributed by atoms with van der Waals surface area (Å²) in [5.41, 5.74) is -1.44. The van der Waals surface area contributed by atoms with E-state index in [0.717, 1.165) is 6.07 Å². The molecule has 0 fully saturated rings. The zero-order chi connectivity index (χ0) is 19.5. The van der Waals surface area contributed by atoms with E-state index in [1.54, 1.807) is 6.92 Å². The summed E-state index contributed by atoms with van der Waals surface area (Å²) in [4.78, 5) is 28.0. The molecule has 2 amide bonds. The predicted molar refractivity (Wildman–Crippen MR) is 90.0 cm³/mol. The molecule has 0 spiro atoms. The molecule has 9 heteroatoms. The molecule has 140 valence electrons. The number of nitrogens with zero attached hydrogens (tertiary/aromatic N) is 1. The molecule has 1 heterocycles. The van der Waals surface area contributed by atoms with Crippen LogP contribution in [0.2, 0.25) is 0 Å². The molecule has 0 bridgehead atoms. The SMILES string of the molecule is CC(=O)NC1(C(=O)NCc2cccc(C(F)(F)F)c2C)C=NC=C(C)N1. The second kappa shape index (κ2) is 7.19. The zero-order valence-electron chi connectivity index (χ0n) is 14.5. The van der Waals surface area contributed by atoms with Crippen molar-refractivity contribution < 1.29 is 22.8 Å². The maximum atomic E-state index is 13.0. The van der Waals surface area contributed by atoms with Crippen LogP contribution in [0.15, 0.2) is 35.1 Å². The molecular weight excluding hydrogens is 349 g/mol. The fourth-order valence-corrected chi connectivity index (χ4v) is 2.65. The highest BCUT2D eigenvalue weighted by atomic mass is 19.4. The molecule has 26 heavy (non-hydrogen) atoms. The van der Waals surface area contributed by atoms with Crippen LogP contribution in [0.1, 0.15) is 30.5 Å². The minimum absolute atomic E-state index is 0.0372. The van der Waals surface area contributed by atoms with Crippen molar-refractivity contribution >= 4 is 18.0 Å². The maximum absolute atomic E-state index is 13.0. The van der Waals surface area contributed by atoms with Gasteiger partial charge in [0.2, 0.25) is 11.6 Å². The van der Waals surface area contributed by atoms with Crippen LogP contribution >= 0.6 is 0 Å². The molecule has 1 aliphatic rings. The van der Waals surface area contributed by atoms with Gasteiger partial charge in [-0.1, -0.05) is 12.1 Å². The molecular formula is C17H19F3N4O2. The molecule has 1 atom stereocenters. The Hall–Kier alpha value is -2.84. The number of alkyl halides is 3. The first-order chi connectivity index (χ1) is 12.0. The molecule has 0 saturated heterocycles. The average Bonchev–Trinajstić information content (AvgIpc) is 2.51. The van der Waals surface area contributed by atoms with Gasteiger partial charge in [0.1, 0.15) is 0 Å². The van der Waals surface area contributed by atoms with E-state index >= 15 is 0 Å². The van der Waals surface area contributed by atoms with E-state index in [2.05, 4.69) is 20.9 Å². The van der Waals surface area contributed by atoms with E-state index < -0.39 is 29.2 Å². The van der Waals surface area contributed by atoms with Gasteiger partial charge < -0.3 is 16.0 Å². The van der Waals surface area contributed by atoms with Crippen molar-refractivity contribution in [3.8, 4) is 0 Å². The number of aliphatic imine (C=N–C) groups is 1. The molecule has 1 unspecified atom stereocenters. The summed E-state index contributed by atoms with van der Waals surface area (Å²) < 4.78 is 39.0. The van der Waals surface area contributed by atoms with Gasteiger partial charge in [-0.25, -0.2) is 0 Å². The Morgan fingerprint density at radius 2 is 1.96 bits per heavy atom. The first-order valence-corrected chi connectivity index (χ1v) is 7.77. The molecule has 2 rings (SSSR count). The third-order valence-electron chi connectivity index (χ3n) is 3.85. The monoisotopic (exact) mass is 368 g/mol. The topological polar surface area (TPSA) is 82.6 Å². The Balaban J connectivity index is 2.21. The van der Waals surface area contributed by atoms with E-state index in [9.17, 15) is 22.8 Å². The second-order valence-electron chi connectivity index (χ2n) is 5.97. The first-order valence-electron chi connectivity index (χ1n) is 7.77. The van der Waals surface area contributed by atoms with Gasteiger partial charge in [-0.3, -0.25) is 14.6 Å². The van der Waals surface area contributed by atoms with Gasteiger partial charge in [-0.15, -0.1) is 0 Å². The third kappa shape index (κ3) is 4.22. The number of nitrogens with one attached hydrogen (secondary N) is 3. The number of carbonyl (C=O) groups is 2. The Labute approximate surface area is 148 Å². The molecule has 0 radical (unpaired) electrons. The molecule has 0 saturated carbocycles. The lowest BCUT2D eigenvalue weighted by Gasteiger charge is -2.33. The lowest BCUT2D eigenvalue weighted by Crippen LogP contribution is -2.68. The van der Waals surface area contributed by atoms with E-state index in [1.165, 1.54) is 38.4 Å². The minimum Gasteiger partial charge on any atom is -0.353 e. The van der Waals surface area contributed by atoms with Crippen LogP contribution in [-0.2, 0) is 22.3 Å². The summed E-state index contributed by atoms with van der Waals surface area (Å²) in [6, 6.07) is 3.78. The van der Waals surface area contributed by atoms with Crippen molar-refractivity contribution in [3.05, 3.63) is 46.8 Å². The summed E-state index contributed by atoms with van der Waals surface area (Å²) in [5, 5.41) is 7.87. The lowest BCUT2D eigenvalue weighted by atomic mass is 10.0. The van der Waals surface area contributed by atoms with Crippen LogP contribution in [0.3, 0.4) is 0 Å². The number of allylic oxidation sites excluding steroid dienone is 1. The molecule has 0 aliphatic carbocycles. The molecule has 3 N–H and O–H groups in total. The lowest BCUT2D eigenvalue weighted by molar-refractivity contribution is -0.138. The molecule has 6 nitrogen and oxygen atoms in total. The third-order valence-corrected chi connectivity index (χ3v) is 3.85. The summed E-state index contributed by atoms with van der Waals surface area (Å²) in [5.74, 6) is -1.11. The summed E-state index contributed by atoms with van der Waals surface area (Å²) >= 11 is 0. The van der Waals surface area contributed by atoms with E-state index in [1.807, 2.05) is 0 Å². The highest BCUT2D eigenvalue weighted by Gasteiger charge is 2.39. The largest absolute Gasteiger partial charge is 0.416 e. The van der Waals surface area contributed by atoms with Crippen molar-refractivity contribution in [2.24, 2.45) is 4.99 Å². The number of halogens is 3. The Morgan fingerprint density at radius 3 is 2.54 bits per heavy atom. The van der Waals surface area contributed by atoms with Gasteiger partial charge >= 0.3 is 6.18 Å². The average molecular weight is 368 g/mol. The van der Waals surface area contributed by atoms with Crippen LogP contribution in [0.4, 0.5) is 13.2 Å². The molecule has 0 aromatic heterocycles. The van der Waals surface area contributed by atoms with E-state index in [-0.39, 0.29) is 12.1 Å². The summed E-state index contributed by atoms with van der Waals surface area (Å²) in [6.45, 7) is 4.13. The van der Waals surface area contributed by atoms with Crippen LogP contribution in [-0.4, -0.2) is 23.7 Å². The normalized spacial score (nSPS) is 19.4. The fraction of sp³-hybridized carbons (Fsp3) is 0.353. The number of hydrogen-bond acceptors (Lipinski definition) is 4. The Bertz CT molecular complexity index is 783. The van der Waals surface area contributed by atoms with Crippen LogP contribution in [0, 0.1) is 6.92 Å². The number of benzene rings is 1. The summed E-state index contributed by atoms with van der Waals surface area (Å²) in [6.07, 6.45) is -1.76. The van der Waals surface area contributed by atoms with E-state index in [0.29, 0.717) is 11.3 Å². The van der Waals surface area contributed by atoms with Gasteiger partial charge in [0.05, 0.1) is 11.8 Å². The predicted octanol–water partition coefficient (Wildman–Crippen LogP) is 2.00. The van der Waals surface area contributed by atoms with Crippen molar-refractivity contribution in [1.29, 1.82) is 0 Å². The molecule has 1 aromatic carbocycles. The smallest absolute Gasteiger partial charge is 0.353 e. The van der Waals surface area contributed by atoms with E-state index in [4.69, 9.17) is 0 Å². The molecule has 1 aromatic rings. The standard InChI is InChI=1S/C17H19F3N4O2/c1-10-7-21-9-16(23-10,24-12(3)25)15(26)22-8-13-5-4-6-14(11(13)2)17(18,19)20/h4-7,9,23H,8H2,1-3H3,(H,22,26)(H,24,25). The van der Waals surface area contributed by atoms with Gasteiger partial charge in [0, 0.05) is 25.4 Å². The van der Waals surface area contributed by atoms with Gasteiger partial charge in [-0.05, 0) is 31.0 Å². The molecule has 1 aliphatic heterocycles. The number of hydrogen-bond donors (Lipinski definition) is 3. The van der Waals surface area contributed by atoms with Crippen LogP contribution < -0.4 is 16.0 Å². The number of carbonyl (C=O) groups excluding carboxylic acids is 2. The van der Waals surface area contributed by atoms with Crippen LogP contribution in [0.5, 0.6) is 0 Å². The van der Waals surface area contributed by atoms with Crippen molar-refractivity contribution in [2.45, 2.75) is 39.2 Å². The maximum Gasteiger partial charge on any atom is 0.416 e. The fourth-order valence-electron chi connectivity index (χ4n) is 2.65. The first kappa shape index (κ1) is 19.5. The minimum atomic E-state index is -4.47. The van der Waals surface area contributed by atoms with Crippen LogP contribution in [0.25, 0.3) is 0 Å². The van der Waals surface area contributed by atoms with Gasteiger partial charge in [-0.2, -0.15) is 13.2 Å². The Morgan fingerprint density at radius 1 is 1.27 bits per heavy atom. The number of amides is 2. The zero-order valence-corrected chi connectivity index (χ0v) is 14.5. The van der Waals surface area contributed by atoms with Gasteiger partial charge in [0.15, 0.2) is 0 Å². The van der Waals surface area contributed by atoms with Gasteiger partial charge in [0.25, 0.3) is 5.91 Å². The quantitative estimate of drug-likeness (QED) is 0.760. The van der Waals surface area contributed by atoms with Crippen molar-refractivity contribution in [3.63, 3.8) is 0 Å². The highest BCUT2D eigenvalue weighted by Crippen LogP contribution is 2.32.